The highest BCUT2D eigenvalue weighted by atomic mass is 19.1. The van der Waals surface area contributed by atoms with Gasteiger partial charge in [-0.25, -0.2) is 4.39 Å². The summed E-state index contributed by atoms with van der Waals surface area (Å²) in [6.07, 6.45) is 0. The average molecular weight is 388 g/mol. The van der Waals surface area contributed by atoms with Crippen molar-refractivity contribution in [3.63, 3.8) is 0 Å². The number of nitrogens with one attached hydrogen (secondary N) is 2. The number of ether oxygens (including phenoxy) is 2. The Morgan fingerprint density at radius 2 is 1.71 bits per heavy atom. The summed E-state index contributed by atoms with van der Waals surface area (Å²) in [5.74, 6) is 1.83. The molecule has 0 spiro atoms. The molecule has 1 atom stereocenters. The summed E-state index contributed by atoms with van der Waals surface area (Å²) in [6.45, 7) is 1.22. The van der Waals surface area contributed by atoms with Crippen LogP contribution in [0.5, 0.6) is 11.5 Å². The third-order valence-electron chi connectivity index (χ3n) is 4.47. The lowest BCUT2D eigenvalue weighted by molar-refractivity contribution is 0.298. The van der Waals surface area contributed by atoms with Gasteiger partial charge < -0.3 is 25.0 Å². The number of benzene rings is 2. The lowest BCUT2D eigenvalue weighted by Crippen LogP contribution is -2.41. The van der Waals surface area contributed by atoms with Gasteiger partial charge in [0.05, 0.1) is 20.3 Å². The Balaban J connectivity index is 1.97. The molecule has 0 amide bonds. The third kappa shape index (κ3) is 5.85. The molecule has 0 heterocycles. The highest BCUT2D eigenvalue weighted by Crippen LogP contribution is 2.27. The van der Waals surface area contributed by atoms with E-state index in [1.165, 1.54) is 12.1 Å². The Labute approximate surface area is 166 Å². The van der Waals surface area contributed by atoms with E-state index in [0.717, 1.165) is 11.1 Å². The number of methoxy groups -OCH3 is 2. The number of halogens is 1. The summed E-state index contributed by atoms with van der Waals surface area (Å²) in [5.41, 5.74) is 2.08. The van der Waals surface area contributed by atoms with Gasteiger partial charge in [-0.3, -0.25) is 4.99 Å². The van der Waals surface area contributed by atoms with Crippen LogP contribution < -0.4 is 20.1 Å². The maximum atomic E-state index is 13.2. The van der Waals surface area contributed by atoms with E-state index in [0.29, 0.717) is 30.5 Å². The SMILES string of the molecule is CN=C(NCc1ccc(OC)c(OC)c1)NCC(c1ccc(F)cc1)N(C)C. The highest BCUT2D eigenvalue weighted by molar-refractivity contribution is 5.79. The minimum Gasteiger partial charge on any atom is -0.493 e. The molecule has 7 heteroatoms. The summed E-state index contributed by atoms with van der Waals surface area (Å²) in [6, 6.07) is 12.4. The Morgan fingerprint density at radius 3 is 2.29 bits per heavy atom. The number of guanidine groups is 1. The third-order valence-corrected chi connectivity index (χ3v) is 4.47. The zero-order valence-electron chi connectivity index (χ0n) is 17.1. The Hall–Kier alpha value is -2.80. The van der Waals surface area contributed by atoms with Crippen LogP contribution in [0, 0.1) is 5.82 Å². The van der Waals surface area contributed by atoms with Crippen molar-refractivity contribution in [3.8, 4) is 11.5 Å². The summed E-state index contributed by atoms with van der Waals surface area (Å²) in [4.78, 5) is 6.36. The molecule has 0 aliphatic rings. The van der Waals surface area contributed by atoms with Gasteiger partial charge in [0.15, 0.2) is 17.5 Å². The number of hydrogen-bond donors (Lipinski definition) is 2. The molecular formula is C21H29FN4O2. The summed E-state index contributed by atoms with van der Waals surface area (Å²) >= 11 is 0. The normalized spacial score (nSPS) is 12.6. The van der Waals surface area contributed by atoms with Crippen molar-refractivity contribution in [3.05, 3.63) is 59.4 Å². The maximum Gasteiger partial charge on any atom is 0.191 e. The van der Waals surface area contributed by atoms with E-state index in [1.54, 1.807) is 21.3 Å². The van der Waals surface area contributed by atoms with Crippen LogP contribution in [0.1, 0.15) is 17.2 Å². The molecule has 0 radical (unpaired) electrons. The number of aliphatic imine (C=N–C) groups is 1. The topological polar surface area (TPSA) is 58.1 Å². The molecule has 0 aromatic heterocycles. The molecule has 6 nitrogen and oxygen atoms in total. The second-order valence-corrected chi connectivity index (χ2v) is 6.53. The molecule has 1 unspecified atom stereocenters. The first-order valence-electron chi connectivity index (χ1n) is 9.05. The van der Waals surface area contributed by atoms with Crippen LogP contribution in [0.25, 0.3) is 0 Å². The maximum absolute atomic E-state index is 13.2. The highest BCUT2D eigenvalue weighted by Gasteiger charge is 2.15. The van der Waals surface area contributed by atoms with E-state index >= 15 is 0 Å². The number of rotatable bonds is 8. The summed E-state index contributed by atoms with van der Waals surface area (Å²) in [5, 5.41) is 6.63. The molecule has 2 N–H and O–H groups in total. The van der Waals surface area contributed by atoms with Gasteiger partial charge in [-0.15, -0.1) is 0 Å². The minimum absolute atomic E-state index is 0.0835. The lowest BCUT2D eigenvalue weighted by Gasteiger charge is -2.26. The van der Waals surface area contributed by atoms with Gasteiger partial charge >= 0.3 is 0 Å². The second-order valence-electron chi connectivity index (χ2n) is 6.53. The molecule has 2 aromatic carbocycles. The van der Waals surface area contributed by atoms with Gasteiger partial charge in [0.2, 0.25) is 0 Å². The van der Waals surface area contributed by atoms with E-state index in [9.17, 15) is 4.39 Å². The fraction of sp³-hybridized carbons (Fsp3) is 0.381. The first kappa shape index (κ1) is 21.5. The second kappa shape index (κ2) is 10.5. The van der Waals surface area contributed by atoms with Gasteiger partial charge in [-0.05, 0) is 49.5 Å². The molecule has 2 rings (SSSR count). The molecule has 0 saturated carbocycles. The minimum atomic E-state index is -0.235. The van der Waals surface area contributed by atoms with Crippen LogP contribution in [0.3, 0.4) is 0 Å². The van der Waals surface area contributed by atoms with E-state index in [4.69, 9.17) is 9.47 Å². The van der Waals surface area contributed by atoms with E-state index < -0.39 is 0 Å². The largest absolute Gasteiger partial charge is 0.493 e. The smallest absolute Gasteiger partial charge is 0.191 e. The standard InChI is InChI=1S/C21H29FN4O2/c1-23-21(24-13-15-6-11-19(27-4)20(12-15)28-5)25-14-18(26(2)3)16-7-9-17(22)10-8-16/h6-12,18H,13-14H2,1-5H3,(H2,23,24,25). The van der Waals surface area contributed by atoms with Crippen LogP contribution in [-0.4, -0.2) is 52.8 Å². The van der Waals surface area contributed by atoms with Crippen LogP contribution in [0.15, 0.2) is 47.5 Å². The van der Waals surface area contributed by atoms with E-state index in [2.05, 4.69) is 20.5 Å². The van der Waals surface area contributed by atoms with Gasteiger partial charge in [-0.2, -0.15) is 0 Å². The summed E-state index contributed by atoms with van der Waals surface area (Å²) < 4.78 is 23.8. The Bertz CT molecular complexity index is 778. The van der Waals surface area contributed by atoms with Gasteiger partial charge in [-0.1, -0.05) is 18.2 Å². The number of likely N-dealkylation sites (N-methyl/N-ethyl adjacent to an activating group) is 1. The summed E-state index contributed by atoms with van der Waals surface area (Å²) in [7, 11) is 8.95. The van der Waals surface area contributed by atoms with Gasteiger partial charge in [0.1, 0.15) is 5.82 Å². The van der Waals surface area contributed by atoms with Gasteiger partial charge in [0, 0.05) is 20.1 Å². The molecule has 28 heavy (non-hydrogen) atoms. The molecule has 152 valence electrons. The molecule has 2 aromatic rings. The van der Waals surface area contributed by atoms with Crippen molar-refractivity contribution in [2.24, 2.45) is 4.99 Å². The van der Waals surface area contributed by atoms with E-state index in [1.807, 2.05) is 44.4 Å². The molecule has 0 aliphatic carbocycles. The first-order valence-corrected chi connectivity index (χ1v) is 9.05. The predicted octanol–water partition coefficient (Wildman–Crippen LogP) is 2.81. The number of hydrogen-bond acceptors (Lipinski definition) is 4. The fourth-order valence-corrected chi connectivity index (χ4v) is 2.87. The van der Waals surface area contributed by atoms with Crippen molar-refractivity contribution < 1.29 is 13.9 Å². The predicted molar refractivity (Wildman–Crippen MR) is 111 cm³/mol. The first-order chi connectivity index (χ1) is 13.5. The fourth-order valence-electron chi connectivity index (χ4n) is 2.87. The average Bonchev–Trinajstić information content (AvgIpc) is 2.71. The number of nitrogens with zero attached hydrogens (tertiary/aromatic N) is 2. The van der Waals surface area contributed by atoms with Crippen molar-refractivity contribution >= 4 is 5.96 Å². The zero-order chi connectivity index (χ0) is 20.5. The van der Waals surface area contributed by atoms with Crippen molar-refractivity contribution in [1.29, 1.82) is 0 Å². The van der Waals surface area contributed by atoms with Crippen molar-refractivity contribution in [2.45, 2.75) is 12.6 Å². The molecule has 0 aliphatic heterocycles. The van der Waals surface area contributed by atoms with Crippen LogP contribution in [-0.2, 0) is 6.54 Å². The monoisotopic (exact) mass is 388 g/mol. The van der Waals surface area contributed by atoms with Gasteiger partial charge in [0.25, 0.3) is 0 Å². The van der Waals surface area contributed by atoms with Crippen LogP contribution in [0.4, 0.5) is 4.39 Å². The Morgan fingerprint density at radius 1 is 1.04 bits per heavy atom. The molecule has 0 fully saturated rings. The van der Waals surface area contributed by atoms with Crippen molar-refractivity contribution in [2.75, 3.05) is 41.9 Å². The van der Waals surface area contributed by atoms with Crippen LogP contribution >= 0.6 is 0 Å². The zero-order valence-corrected chi connectivity index (χ0v) is 17.1. The quantitative estimate of drug-likeness (QED) is 0.538. The molecular weight excluding hydrogens is 359 g/mol. The van der Waals surface area contributed by atoms with Crippen molar-refractivity contribution in [1.82, 2.24) is 15.5 Å². The van der Waals surface area contributed by atoms with Crippen LogP contribution in [0.2, 0.25) is 0 Å². The van der Waals surface area contributed by atoms with E-state index in [-0.39, 0.29) is 11.9 Å². The molecule has 0 bridgehead atoms. The Kier molecular flexibility index (Phi) is 8.07. The lowest BCUT2D eigenvalue weighted by atomic mass is 10.1. The molecule has 0 saturated heterocycles.